The number of carbonyl (C=O) groups excluding carboxylic acids is 1. The molecule has 106 valence electrons. The largest absolute Gasteiger partial charge is 0.368 e. The highest BCUT2D eigenvalue weighted by Gasteiger charge is 2.24. The van der Waals surface area contributed by atoms with Gasteiger partial charge >= 0.3 is 0 Å². The van der Waals surface area contributed by atoms with Gasteiger partial charge in [-0.25, -0.2) is 4.98 Å². The second kappa shape index (κ2) is 4.96. The van der Waals surface area contributed by atoms with Crippen LogP contribution in [0, 0.1) is 0 Å². The average Bonchev–Trinajstić information content (AvgIpc) is 2.82. The first kappa shape index (κ1) is 13.2. The molecule has 1 saturated heterocycles. The summed E-state index contributed by atoms with van der Waals surface area (Å²) in [6.45, 7) is 1.57. The van der Waals surface area contributed by atoms with Crippen molar-refractivity contribution in [2.45, 2.75) is 18.9 Å². The van der Waals surface area contributed by atoms with Crippen molar-refractivity contribution in [3.8, 4) is 0 Å². The standard InChI is InChI=1S/C13H16ClN5O/c14-9-5-18-13-10(8(4-17-13)12(16)20)11(9)19-3-1-2-7(15)6-19/h4-5,7H,1-3,6,15H2,(H2,16,20)(H,17,18)/t7-/m1/s1. The highest BCUT2D eigenvalue weighted by atomic mass is 35.5. The van der Waals surface area contributed by atoms with Crippen LogP contribution in [0.25, 0.3) is 11.0 Å². The Hall–Kier alpha value is -1.79. The van der Waals surface area contributed by atoms with Gasteiger partial charge in [0.05, 0.1) is 27.9 Å². The SMILES string of the molecule is NC(=O)c1c[nH]c2ncc(Cl)c(N3CCC[C@@H](N)C3)c12. The molecule has 1 aliphatic heterocycles. The van der Waals surface area contributed by atoms with Crippen molar-refractivity contribution in [1.29, 1.82) is 0 Å². The highest BCUT2D eigenvalue weighted by molar-refractivity contribution is 6.35. The van der Waals surface area contributed by atoms with Crippen molar-refractivity contribution in [3.05, 3.63) is 23.0 Å². The summed E-state index contributed by atoms with van der Waals surface area (Å²) in [5.41, 5.74) is 13.3. The molecule has 0 aromatic carbocycles. The van der Waals surface area contributed by atoms with Gasteiger partial charge in [-0.2, -0.15) is 0 Å². The fourth-order valence-electron chi connectivity index (χ4n) is 2.77. The first-order valence-electron chi connectivity index (χ1n) is 6.54. The number of hydrogen-bond acceptors (Lipinski definition) is 4. The van der Waals surface area contributed by atoms with Crippen LogP contribution in [0.4, 0.5) is 5.69 Å². The number of fused-ring (bicyclic) bond motifs is 1. The number of nitrogens with one attached hydrogen (secondary N) is 1. The fourth-order valence-corrected chi connectivity index (χ4v) is 3.04. The minimum absolute atomic E-state index is 0.110. The third-order valence-corrected chi connectivity index (χ3v) is 3.95. The van der Waals surface area contributed by atoms with Crippen LogP contribution in [0.15, 0.2) is 12.4 Å². The first-order valence-corrected chi connectivity index (χ1v) is 6.91. The lowest BCUT2D eigenvalue weighted by Gasteiger charge is -2.33. The molecule has 0 aliphatic carbocycles. The summed E-state index contributed by atoms with van der Waals surface area (Å²) < 4.78 is 0. The summed E-state index contributed by atoms with van der Waals surface area (Å²) in [7, 11) is 0. The molecule has 3 rings (SSSR count). The molecule has 5 N–H and O–H groups in total. The van der Waals surface area contributed by atoms with Crippen molar-refractivity contribution in [2.75, 3.05) is 18.0 Å². The highest BCUT2D eigenvalue weighted by Crippen LogP contribution is 2.36. The maximum atomic E-state index is 11.6. The molecular weight excluding hydrogens is 278 g/mol. The lowest BCUT2D eigenvalue weighted by molar-refractivity contribution is 0.100. The van der Waals surface area contributed by atoms with Crippen LogP contribution in [0.3, 0.4) is 0 Å². The van der Waals surface area contributed by atoms with E-state index >= 15 is 0 Å². The van der Waals surface area contributed by atoms with E-state index in [9.17, 15) is 4.79 Å². The minimum atomic E-state index is -0.497. The van der Waals surface area contributed by atoms with Crippen molar-refractivity contribution in [3.63, 3.8) is 0 Å². The van der Waals surface area contributed by atoms with Crippen molar-refractivity contribution in [1.82, 2.24) is 9.97 Å². The Balaban J connectivity index is 2.19. The van der Waals surface area contributed by atoms with E-state index in [0.29, 0.717) is 28.2 Å². The Bertz CT molecular complexity index is 668. The van der Waals surface area contributed by atoms with Gasteiger partial charge in [-0.1, -0.05) is 11.6 Å². The number of aromatic nitrogens is 2. The van der Waals surface area contributed by atoms with E-state index in [0.717, 1.165) is 25.1 Å². The van der Waals surface area contributed by atoms with E-state index in [2.05, 4.69) is 14.9 Å². The summed E-state index contributed by atoms with van der Waals surface area (Å²) in [6, 6.07) is 0.110. The van der Waals surface area contributed by atoms with Gasteiger partial charge in [0.15, 0.2) is 0 Å². The number of hydrogen-bond donors (Lipinski definition) is 3. The number of piperidine rings is 1. The van der Waals surface area contributed by atoms with E-state index < -0.39 is 5.91 Å². The van der Waals surface area contributed by atoms with Gasteiger partial charge < -0.3 is 21.4 Å². The summed E-state index contributed by atoms with van der Waals surface area (Å²) in [5.74, 6) is -0.497. The molecule has 1 atom stereocenters. The third-order valence-electron chi connectivity index (χ3n) is 3.67. The lowest BCUT2D eigenvalue weighted by atomic mass is 10.0. The molecule has 6 nitrogen and oxygen atoms in total. The molecule has 0 saturated carbocycles. The molecule has 0 spiro atoms. The van der Waals surface area contributed by atoms with Crippen LogP contribution in [0.2, 0.25) is 5.02 Å². The second-order valence-electron chi connectivity index (χ2n) is 5.09. The first-order chi connectivity index (χ1) is 9.58. The van der Waals surface area contributed by atoms with E-state index in [1.165, 1.54) is 0 Å². The number of rotatable bonds is 2. The molecule has 1 amide bonds. The van der Waals surface area contributed by atoms with Gasteiger partial charge in [0.25, 0.3) is 5.91 Å². The van der Waals surface area contributed by atoms with Gasteiger partial charge in [0.1, 0.15) is 5.65 Å². The molecule has 3 heterocycles. The molecule has 0 bridgehead atoms. The van der Waals surface area contributed by atoms with Crippen molar-refractivity contribution in [2.24, 2.45) is 11.5 Å². The zero-order valence-electron chi connectivity index (χ0n) is 10.9. The molecule has 0 radical (unpaired) electrons. The quantitative estimate of drug-likeness (QED) is 0.775. The number of nitrogens with two attached hydrogens (primary N) is 2. The van der Waals surface area contributed by atoms with Gasteiger partial charge in [-0.15, -0.1) is 0 Å². The predicted octanol–water partition coefficient (Wildman–Crippen LogP) is 1.24. The van der Waals surface area contributed by atoms with Crippen LogP contribution < -0.4 is 16.4 Å². The monoisotopic (exact) mass is 293 g/mol. The van der Waals surface area contributed by atoms with Crippen LogP contribution in [0.5, 0.6) is 0 Å². The number of nitrogens with zero attached hydrogens (tertiary/aromatic N) is 2. The molecule has 1 aliphatic rings. The summed E-state index contributed by atoms with van der Waals surface area (Å²) >= 11 is 6.31. The maximum absolute atomic E-state index is 11.6. The van der Waals surface area contributed by atoms with Crippen LogP contribution in [0.1, 0.15) is 23.2 Å². The Morgan fingerprint density at radius 1 is 1.55 bits per heavy atom. The summed E-state index contributed by atoms with van der Waals surface area (Å²) in [6.07, 6.45) is 5.15. The number of aromatic amines is 1. The summed E-state index contributed by atoms with van der Waals surface area (Å²) in [4.78, 5) is 20.9. The number of carbonyl (C=O) groups is 1. The predicted molar refractivity (Wildman–Crippen MR) is 79.0 cm³/mol. The van der Waals surface area contributed by atoms with E-state index in [1.807, 2.05) is 0 Å². The Labute approximate surface area is 121 Å². The Morgan fingerprint density at radius 3 is 3.05 bits per heavy atom. The van der Waals surface area contributed by atoms with E-state index in [1.54, 1.807) is 12.4 Å². The van der Waals surface area contributed by atoms with Gasteiger partial charge in [0.2, 0.25) is 0 Å². The molecule has 2 aromatic heterocycles. The number of anilines is 1. The molecule has 20 heavy (non-hydrogen) atoms. The maximum Gasteiger partial charge on any atom is 0.251 e. The zero-order valence-corrected chi connectivity index (χ0v) is 11.7. The Kier molecular flexibility index (Phi) is 3.27. The van der Waals surface area contributed by atoms with Gasteiger partial charge in [-0.3, -0.25) is 4.79 Å². The third kappa shape index (κ3) is 2.10. The zero-order chi connectivity index (χ0) is 14.3. The normalized spacial score (nSPS) is 19.5. The topological polar surface area (TPSA) is 101 Å². The number of primary amides is 1. The fraction of sp³-hybridized carbons (Fsp3) is 0.385. The van der Waals surface area contributed by atoms with Crippen LogP contribution >= 0.6 is 11.6 Å². The smallest absolute Gasteiger partial charge is 0.251 e. The van der Waals surface area contributed by atoms with Crippen molar-refractivity contribution >= 4 is 34.2 Å². The second-order valence-corrected chi connectivity index (χ2v) is 5.50. The van der Waals surface area contributed by atoms with Crippen LogP contribution in [-0.2, 0) is 0 Å². The molecule has 1 fully saturated rings. The van der Waals surface area contributed by atoms with Gasteiger partial charge in [-0.05, 0) is 12.8 Å². The number of pyridine rings is 1. The van der Waals surface area contributed by atoms with E-state index in [4.69, 9.17) is 23.1 Å². The average molecular weight is 294 g/mol. The molecule has 2 aromatic rings. The Morgan fingerprint density at radius 2 is 2.35 bits per heavy atom. The lowest BCUT2D eigenvalue weighted by Crippen LogP contribution is -2.43. The minimum Gasteiger partial charge on any atom is -0.368 e. The number of amides is 1. The molecule has 7 heteroatoms. The number of H-pyrrole nitrogens is 1. The van der Waals surface area contributed by atoms with E-state index in [-0.39, 0.29) is 6.04 Å². The molecule has 0 unspecified atom stereocenters. The molecular formula is C13H16ClN5O. The van der Waals surface area contributed by atoms with Crippen molar-refractivity contribution < 1.29 is 4.79 Å². The van der Waals surface area contributed by atoms with Crippen LogP contribution in [-0.4, -0.2) is 35.0 Å². The van der Waals surface area contributed by atoms with Gasteiger partial charge in [0, 0.05) is 25.3 Å². The summed E-state index contributed by atoms with van der Waals surface area (Å²) in [5, 5.41) is 1.19. The number of halogens is 1.